The summed E-state index contributed by atoms with van der Waals surface area (Å²) in [4.78, 5) is 12.2. The van der Waals surface area contributed by atoms with Gasteiger partial charge in [0.1, 0.15) is 11.5 Å². The smallest absolute Gasteiger partial charge is 0.338 e. The van der Waals surface area contributed by atoms with Gasteiger partial charge in [-0.1, -0.05) is 0 Å². The van der Waals surface area contributed by atoms with Gasteiger partial charge in [0.15, 0.2) is 18.1 Å². The lowest BCUT2D eigenvalue weighted by Gasteiger charge is -2.08. The van der Waals surface area contributed by atoms with Crippen molar-refractivity contribution in [1.29, 1.82) is 0 Å². The zero-order valence-corrected chi connectivity index (χ0v) is 14.9. The molecule has 3 rings (SSSR count). The van der Waals surface area contributed by atoms with E-state index in [2.05, 4.69) is 10.2 Å². The first-order valence-corrected chi connectivity index (χ1v) is 7.80. The highest BCUT2D eigenvalue weighted by Crippen LogP contribution is 2.28. The summed E-state index contributed by atoms with van der Waals surface area (Å²) >= 11 is 0. The van der Waals surface area contributed by atoms with Crippen molar-refractivity contribution in [2.75, 3.05) is 14.2 Å². The second-order valence-corrected chi connectivity index (χ2v) is 5.47. The number of ether oxygens (including phenoxy) is 3. The molecule has 8 heteroatoms. The van der Waals surface area contributed by atoms with Gasteiger partial charge in [0.05, 0.1) is 25.3 Å². The van der Waals surface area contributed by atoms with Crippen LogP contribution in [0.5, 0.6) is 11.5 Å². The van der Waals surface area contributed by atoms with Gasteiger partial charge in [0.2, 0.25) is 0 Å². The van der Waals surface area contributed by atoms with Crippen LogP contribution in [0.3, 0.4) is 0 Å². The lowest BCUT2D eigenvalue weighted by Crippen LogP contribution is -2.06. The van der Waals surface area contributed by atoms with E-state index in [1.165, 1.54) is 20.3 Å². The molecule has 0 radical (unpaired) electrons. The fourth-order valence-electron chi connectivity index (χ4n) is 2.44. The fourth-order valence-corrected chi connectivity index (χ4v) is 2.44. The Morgan fingerprint density at radius 3 is 2.46 bits per heavy atom. The molecular formula is C18H18N2O6. The van der Waals surface area contributed by atoms with Crippen molar-refractivity contribution in [3.05, 3.63) is 47.2 Å². The molecule has 2 aromatic heterocycles. The third-order valence-electron chi connectivity index (χ3n) is 3.68. The lowest BCUT2D eigenvalue weighted by molar-refractivity contribution is 0.0438. The normalized spacial score (nSPS) is 10.6. The minimum absolute atomic E-state index is 0.143. The second-order valence-electron chi connectivity index (χ2n) is 5.47. The molecule has 8 nitrogen and oxygen atoms in total. The first kappa shape index (κ1) is 17.5. The van der Waals surface area contributed by atoms with Crippen LogP contribution in [0.15, 0.2) is 33.1 Å². The van der Waals surface area contributed by atoms with E-state index in [1.54, 1.807) is 12.1 Å². The Labute approximate surface area is 149 Å². The molecule has 1 aromatic carbocycles. The topological polar surface area (TPSA) is 96.8 Å². The third kappa shape index (κ3) is 3.53. The predicted molar refractivity (Wildman–Crippen MR) is 90.1 cm³/mol. The van der Waals surface area contributed by atoms with E-state index >= 15 is 0 Å². The molecule has 0 atom stereocenters. The van der Waals surface area contributed by atoms with E-state index in [1.807, 2.05) is 19.9 Å². The SMILES string of the molecule is COc1ccc(C(=O)OCc2nnc(-c3cc(C)oc3C)o2)cc1OC. The quantitative estimate of drug-likeness (QED) is 0.619. The first-order chi connectivity index (χ1) is 12.5. The minimum atomic E-state index is -0.541. The van der Waals surface area contributed by atoms with E-state index in [-0.39, 0.29) is 12.5 Å². The molecule has 0 fully saturated rings. The molecular weight excluding hydrogens is 340 g/mol. The number of aryl methyl sites for hydroxylation is 2. The number of aromatic nitrogens is 2. The molecule has 2 heterocycles. The van der Waals surface area contributed by atoms with Crippen molar-refractivity contribution >= 4 is 5.97 Å². The van der Waals surface area contributed by atoms with Gasteiger partial charge >= 0.3 is 5.97 Å². The van der Waals surface area contributed by atoms with Gasteiger partial charge in [0, 0.05) is 0 Å². The Kier molecular flexibility index (Phi) is 4.92. The van der Waals surface area contributed by atoms with Gasteiger partial charge in [-0.3, -0.25) is 0 Å². The van der Waals surface area contributed by atoms with Crippen LogP contribution in [-0.2, 0) is 11.3 Å². The number of rotatable bonds is 6. The van der Waals surface area contributed by atoms with Gasteiger partial charge in [-0.15, -0.1) is 10.2 Å². The first-order valence-electron chi connectivity index (χ1n) is 7.80. The molecule has 0 amide bonds. The van der Waals surface area contributed by atoms with E-state index < -0.39 is 5.97 Å². The Morgan fingerprint density at radius 1 is 1.04 bits per heavy atom. The molecule has 136 valence electrons. The van der Waals surface area contributed by atoms with Gasteiger partial charge in [-0.05, 0) is 38.1 Å². The molecule has 0 saturated carbocycles. The minimum Gasteiger partial charge on any atom is -0.493 e. The number of benzene rings is 1. The molecule has 0 spiro atoms. The Morgan fingerprint density at radius 2 is 1.81 bits per heavy atom. The van der Waals surface area contributed by atoms with Gasteiger partial charge < -0.3 is 23.0 Å². The van der Waals surface area contributed by atoms with Crippen molar-refractivity contribution in [3.8, 4) is 23.0 Å². The van der Waals surface area contributed by atoms with Crippen molar-refractivity contribution in [3.63, 3.8) is 0 Å². The highest BCUT2D eigenvalue weighted by molar-refractivity contribution is 5.90. The Bertz CT molecular complexity index is 928. The van der Waals surface area contributed by atoms with Crippen LogP contribution in [0.1, 0.15) is 27.8 Å². The van der Waals surface area contributed by atoms with Gasteiger partial charge in [-0.25, -0.2) is 4.79 Å². The van der Waals surface area contributed by atoms with Gasteiger partial charge in [-0.2, -0.15) is 0 Å². The van der Waals surface area contributed by atoms with Crippen LogP contribution in [0.4, 0.5) is 0 Å². The highest BCUT2D eigenvalue weighted by atomic mass is 16.5. The maximum absolute atomic E-state index is 12.2. The molecule has 3 aromatic rings. The number of carbonyl (C=O) groups excluding carboxylic acids is 1. The van der Waals surface area contributed by atoms with E-state index in [9.17, 15) is 4.79 Å². The number of hydrogen-bond acceptors (Lipinski definition) is 8. The van der Waals surface area contributed by atoms with Gasteiger partial charge in [0.25, 0.3) is 11.8 Å². The zero-order valence-electron chi connectivity index (χ0n) is 14.9. The highest BCUT2D eigenvalue weighted by Gasteiger charge is 2.17. The molecule has 0 saturated heterocycles. The predicted octanol–water partition coefficient (Wildman–Crippen LogP) is 3.32. The summed E-state index contributed by atoms with van der Waals surface area (Å²) in [6, 6.07) is 6.56. The lowest BCUT2D eigenvalue weighted by atomic mass is 10.2. The van der Waals surface area contributed by atoms with Crippen molar-refractivity contribution in [2.24, 2.45) is 0 Å². The largest absolute Gasteiger partial charge is 0.493 e. The monoisotopic (exact) mass is 358 g/mol. The summed E-state index contributed by atoms with van der Waals surface area (Å²) in [7, 11) is 3.01. The number of methoxy groups -OCH3 is 2. The van der Waals surface area contributed by atoms with Crippen LogP contribution in [0.25, 0.3) is 11.5 Å². The van der Waals surface area contributed by atoms with Crippen molar-refractivity contribution in [2.45, 2.75) is 20.5 Å². The van der Waals surface area contributed by atoms with Crippen molar-refractivity contribution < 1.29 is 27.8 Å². The molecule has 0 bridgehead atoms. The number of carbonyl (C=O) groups is 1. The standard InChI is InChI=1S/C18H18N2O6/c1-10-7-13(11(2)25-10)17-20-19-16(26-17)9-24-18(21)12-5-6-14(22-3)15(8-12)23-4/h5-8H,9H2,1-4H3. The third-order valence-corrected chi connectivity index (χ3v) is 3.68. The fraction of sp³-hybridized carbons (Fsp3) is 0.278. The molecule has 0 aliphatic rings. The zero-order chi connectivity index (χ0) is 18.7. The molecule has 0 unspecified atom stereocenters. The number of esters is 1. The molecule has 0 aliphatic carbocycles. The average molecular weight is 358 g/mol. The molecule has 26 heavy (non-hydrogen) atoms. The summed E-state index contributed by atoms with van der Waals surface area (Å²) in [5.74, 6) is 2.35. The summed E-state index contributed by atoms with van der Waals surface area (Å²) in [6.45, 7) is 3.50. The molecule has 0 N–H and O–H groups in total. The van der Waals surface area contributed by atoms with Crippen LogP contribution < -0.4 is 9.47 Å². The Hall–Kier alpha value is -3.29. The second kappa shape index (κ2) is 7.30. The Balaban J connectivity index is 1.68. The summed E-state index contributed by atoms with van der Waals surface area (Å²) in [5, 5.41) is 7.85. The summed E-state index contributed by atoms with van der Waals surface area (Å²) in [5.41, 5.74) is 1.04. The van der Waals surface area contributed by atoms with E-state index in [0.717, 1.165) is 5.76 Å². The van der Waals surface area contributed by atoms with E-state index in [4.69, 9.17) is 23.0 Å². The summed E-state index contributed by atoms with van der Waals surface area (Å²) < 4.78 is 26.5. The van der Waals surface area contributed by atoms with Crippen LogP contribution in [0.2, 0.25) is 0 Å². The maximum Gasteiger partial charge on any atom is 0.338 e. The summed E-state index contributed by atoms with van der Waals surface area (Å²) in [6.07, 6.45) is 0. The van der Waals surface area contributed by atoms with Crippen molar-refractivity contribution in [1.82, 2.24) is 10.2 Å². The number of nitrogens with zero attached hydrogens (tertiary/aromatic N) is 2. The maximum atomic E-state index is 12.2. The number of hydrogen-bond donors (Lipinski definition) is 0. The van der Waals surface area contributed by atoms with Crippen LogP contribution in [0, 0.1) is 13.8 Å². The average Bonchev–Trinajstić information content (AvgIpc) is 3.24. The van der Waals surface area contributed by atoms with E-state index in [0.29, 0.717) is 34.3 Å². The van der Waals surface area contributed by atoms with Crippen LogP contribution in [-0.4, -0.2) is 30.4 Å². The number of furan rings is 1. The van der Waals surface area contributed by atoms with Crippen LogP contribution >= 0.6 is 0 Å². The molecule has 0 aliphatic heterocycles.